The number of carbonyl (C=O) groups excluding carboxylic acids is 1. The van der Waals surface area contributed by atoms with Gasteiger partial charge < -0.3 is 15.2 Å². The molecule has 5 heteroatoms. The summed E-state index contributed by atoms with van der Waals surface area (Å²) < 4.78 is 2.07. The van der Waals surface area contributed by atoms with E-state index in [-0.39, 0.29) is 5.91 Å². The number of hydrogen-bond donors (Lipinski definition) is 2. The van der Waals surface area contributed by atoms with Crippen LogP contribution < -0.4 is 10.6 Å². The lowest BCUT2D eigenvalue weighted by atomic mass is 10.0. The van der Waals surface area contributed by atoms with Gasteiger partial charge in [0.15, 0.2) is 0 Å². The number of nitrogens with one attached hydrogen (secondary N) is 2. The lowest BCUT2D eigenvalue weighted by molar-refractivity contribution is -0.122. The summed E-state index contributed by atoms with van der Waals surface area (Å²) in [5, 5.41) is 6.27. The third-order valence-corrected chi connectivity index (χ3v) is 3.72. The van der Waals surface area contributed by atoms with Crippen molar-refractivity contribution in [2.45, 2.75) is 25.4 Å². The Bertz CT molecular complexity index is 407. The minimum absolute atomic E-state index is 0.107. The predicted molar refractivity (Wildman–Crippen MR) is 75.8 cm³/mol. The van der Waals surface area contributed by atoms with E-state index in [1.807, 2.05) is 7.05 Å². The Kier molecular flexibility index (Phi) is 4.99. The maximum atomic E-state index is 11.3. The standard InChI is InChI=1S/C14H24N4O/c1-15-14(19)11-18-7-4-13(5-8-18)16-9-12-3-6-17(2)10-12/h3,6,10,13,16H,4-5,7-9,11H2,1-2H3,(H,15,19). The van der Waals surface area contributed by atoms with E-state index in [9.17, 15) is 4.79 Å². The average Bonchev–Trinajstić information content (AvgIpc) is 2.83. The van der Waals surface area contributed by atoms with Crippen molar-refractivity contribution >= 4 is 5.91 Å². The zero-order chi connectivity index (χ0) is 13.7. The fourth-order valence-electron chi connectivity index (χ4n) is 2.51. The van der Waals surface area contributed by atoms with Crippen molar-refractivity contribution in [1.82, 2.24) is 20.1 Å². The van der Waals surface area contributed by atoms with Gasteiger partial charge in [0.2, 0.25) is 5.91 Å². The van der Waals surface area contributed by atoms with Gasteiger partial charge in [0, 0.05) is 52.2 Å². The number of carbonyl (C=O) groups is 1. The molecule has 0 spiro atoms. The molecule has 1 aliphatic heterocycles. The number of aryl methyl sites for hydroxylation is 1. The van der Waals surface area contributed by atoms with Crippen LogP contribution in [0.4, 0.5) is 0 Å². The predicted octanol–water partition coefficient (Wildman–Crippen LogP) is 0.325. The highest BCUT2D eigenvalue weighted by Crippen LogP contribution is 2.11. The molecular weight excluding hydrogens is 240 g/mol. The molecule has 2 N–H and O–H groups in total. The second-order valence-corrected chi connectivity index (χ2v) is 5.29. The molecule has 0 radical (unpaired) electrons. The SMILES string of the molecule is CNC(=O)CN1CCC(NCc2ccn(C)c2)CC1. The zero-order valence-corrected chi connectivity index (χ0v) is 11.9. The summed E-state index contributed by atoms with van der Waals surface area (Å²) in [6.07, 6.45) is 6.45. The van der Waals surface area contributed by atoms with Crippen LogP contribution in [0.3, 0.4) is 0 Å². The summed E-state index contributed by atoms with van der Waals surface area (Å²) in [7, 11) is 3.73. The molecule has 1 saturated heterocycles. The lowest BCUT2D eigenvalue weighted by Gasteiger charge is -2.31. The van der Waals surface area contributed by atoms with Crippen LogP contribution in [0, 0.1) is 0 Å². The van der Waals surface area contributed by atoms with Crippen LogP contribution in [-0.2, 0) is 18.4 Å². The molecule has 1 fully saturated rings. The number of nitrogens with zero attached hydrogens (tertiary/aromatic N) is 2. The smallest absolute Gasteiger partial charge is 0.233 e. The summed E-state index contributed by atoms with van der Waals surface area (Å²) in [5.41, 5.74) is 1.33. The monoisotopic (exact) mass is 264 g/mol. The minimum Gasteiger partial charge on any atom is -0.358 e. The van der Waals surface area contributed by atoms with Crippen LogP contribution in [0.2, 0.25) is 0 Å². The van der Waals surface area contributed by atoms with Gasteiger partial charge in [-0.3, -0.25) is 9.69 Å². The van der Waals surface area contributed by atoms with Gasteiger partial charge in [0.1, 0.15) is 0 Å². The Morgan fingerprint density at radius 1 is 1.42 bits per heavy atom. The van der Waals surface area contributed by atoms with Crippen LogP contribution in [-0.4, -0.2) is 48.1 Å². The molecule has 106 valence electrons. The van der Waals surface area contributed by atoms with Crippen molar-refractivity contribution in [3.8, 4) is 0 Å². The molecule has 0 saturated carbocycles. The molecule has 0 aliphatic carbocycles. The van der Waals surface area contributed by atoms with Crippen LogP contribution >= 0.6 is 0 Å². The van der Waals surface area contributed by atoms with Crippen molar-refractivity contribution in [1.29, 1.82) is 0 Å². The highest BCUT2D eigenvalue weighted by atomic mass is 16.1. The summed E-state index contributed by atoms with van der Waals surface area (Å²) in [6.45, 7) is 3.46. The normalized spacial score (nSPS) is 17.6. The molecule has 1 aromatic heterocycles. The van der Waals surface area contributed by atoms with E-state index in [0.29, 0.717) is 12.6 Å². The van der Waals surface area contributed by atoms with Crippen LogP contribution in [0.25, 0.3) is 0 Å². The van der Waals surface area contributed by atoms with Gasteiger partial charge in [-0.05, 0) is 24.5 Å². The van der Waals surface area contributed by atoms with E-state index in [1.165, 1.54) is 5.56 Å². The Morgan fingerprint density at radius 2 is 2.16 bits per heavy atom. The molecular formula is C14H24N4O. The Morgan fingerprint density at radius 3 is 2.74 bits per heavy atom. The molecule has 1 amide bonds. The average molecular weight is 264 g/mol. The topological polar surface area (TPSA) is 49.3 Å². The fraction of sp³-hybridized carbons (Fsp3) is 0.643. The summed E-state index contributed by atoms with van der Waals surface area (Å²) in [4.78, 5) is 13.5. The van der Waals surface area contributed by atoms with Gasteiger partial charge in [-0.1, -0.05) is 0 Å². The first-order chi connectivity index (χ1) is 9.17. The van der Waals surface area contributed by atoms with E-state index >= 15 is 0 Å². The molecule has 1 aliphatic rings. The Labute approximate surface area is 115 Å². The summed E-state index contributed by atoms with van der Waals surface area (Å²) in [6, 6.07) is 2.72. The fourth-order valence-corrected chi connectivity index (χ4v) is 2.51. The van der Waals surface area contributed by atoms with Gasteiger partial charge >= 0.3 is 0 Å². The first kappa shape index (κ1) is 14.1. The molecule has 0 atom stereocenters. The number of amides is 1. The molecule has 5 nitrogen and oxygen atoms in total. The van der Waals surface area contributed by atoms with Gasteiger partial charge in [-0.2, -0.15) is 0 Å². The van der Waals surface area contributed by atoms with Crippen molar-refractivity contribution in [2.24, 2.45) is 7.05 Å². The third-order valence-electron chi connectivity index (χ3n) is 3.72. The maximum absolute atomic E-state index is 11.3. The number of rotatable bonds is 5. The first-order valence-corrected chi connectivity index (χ1v) is 6.94. The second kappa shape index (κ2) is 6.73. The Hall–Kier alpha value is -1.33. The third kappa shape index (κ3) is 4.36. The van der Waals surface area contributed by atoms with Gasteiger partial charge in [-0.15, -0.1) is 0 Å². The largest absolute Gasteiger partial charge is 0.358 e. The number of aromatic nitrogens is 1. The molecule has 1 aromatic rings. The van der Waals surface area contributed by atoms with Crippen LogP contribution in [0.1, 0.15) is 18.4 Å². The van der Waals surface area contributed by atoms with Crippen molar-refractivity contribution < 1.29 is 4.79 Å². The highest BCUT2D eigenvalue weighted by Gasteiger charge is 2.19. The number of likely N-dealkylation sites (N-methyl/N-ethyl adjacent to an activating group) is 1. The van der Waals surface area contributed by atoms with E-state index in [4.69, 9.17) is 0 Å². The highest BCUT2D eigenvalue weighted by molar-refractivity contribution is 5.77. The number of hydrogen-bond acceptors (Lipinski definition) is 3. The Balaban J connectivity index is 1.67. The van der Waals surface area contributed by atoms with Crippen molar-refractivity contribution in [3.05, 3.63) is 24.0 Å². The molecule has 19 heavy (non-hydrogen) atoms. The van der Waals surface area contributed by atoms with Crippen molar-refractivity contribution in [2.75, 3.05) is 26.7 Å². The molecule has 0 bridgehead atoms. The van der Waals surface area contributed by atoms with Gasteiger partial charge in [-0.25, -0.2) is 0 Å². The van der Waals surface area contributed by atoms with Crippen LogP contribution in [0.5, 0.6) is 0 Å². The van der Waals surface area contributed by atoms with E-state index in [2.05, 4.69) is 38.6 Å². The minimum atomic E-state index is 0.107. The second-order valence-electron chi connectivity index (χ2n) is 5.29. The summed E-state index contributed by atoms with van der Waals surface area (Å²) >= 11 is 0. The lowest BCUT2D eigenvalue weighted by Crippen LogP contribution is -2.45. The molecule has 0 unspecified atom stereocenters. The van der Waals surface area contributed by atoms with Gasteiger partial charge in [0.05, 0.1) is 6.54 Å². The van der Waals surface area contributed by atoms with E-state index < -0.39 is 0 Å². The molecule has 0 aromatic carbocycles. The zero-order valence-electron chi connectivity index (χ0n) is 11.9. The quantitative estimate of drug-likeness (QED) is 0.805. The summed E-state index contributed by atoms with van der Waals surface area (Å²) in [5.74, 6) is 0.107. The van der Waals surface area contributed by atoms with E-state index in [1.54, 1.807) is 7.05 Å². The van der Waals surface area contributed by atoms with Crippen molar-refractivity contribution in [3.63, 3.8) is 0 Å². The molecule has 2 rings (SSSR count). The first-order valence-electron chi connectivity index (χ1n) is 6.94. The van der Waals surface area contributed by atoms with E-state index in [0.717, 1.165) is 32.5 Å². The van der Waals surface area contributed by atoms with Gasteiger partial charge in [0.25, 0.3) is 0 Å². The number of piperidine rings is 1. The molecule has 2 heterocycles. The maximum Gasteiger partial charge on any atom is 0.233 e. The van der Waals surface area contributed by atoms with Crippen LogP contribution in [0.15, 0.2) is 18.5 Å². The number of likely N-dealkylation sites (tertiary alicyclic amines) is 1.